The van der Waals surface area contributed by atoms with Gasteiger partial charge in [0.05, 0.1) is 0 Å². The van der Waals surface area contributed by atoms with Crippen molar-refractivity contribution in [3.63, 3.8) is 0 Å². The Balaban J connectivity index is 2.43. The largest absolute Gasteiger partial charge is 0.370 e. The van der Waals surface area contributed by atoms with Crippen LogP contribution in [0.4, 0.5) is 0 Å². The lowest BCUT2D eigenvalue weighted by atomic mass is 9.84. The molecule has 1 atom stereocenters. The van der Waals surface area contributed by atoms with Gasteiger partial charge in [-0.3, -0.25) is 0 Å². The van der Waals surface area contributed by atoms with Gasteiger partial charge in [0.25, 0.3) is 0 Å². The van der Waals surface area contributed by atoms with Crippen molar-refractivity contribution in [2.24, 2.45) is 0 Å². The van der Waals surface area contributed by atoms with Gasteiger partial charge < -0.3 is 5.32 Å². The fourth-order valence-electron chi connectivity index (χ4n) is 1.92. The molecule has 1 aromatic carbocycles. The van der Waals surface area contributed by atoms with Crippen molar-refractivity contribution in [2.75, 3.05) is 0 Å². The molecule has 1 aliphatic heterocycles. The second-order valence-electron chi connectivity index (χ2n) is 4.20. The molecule has 14 heavy (non-hydrogen) atoms. The van der Waals surface area contributed by atoms with Crippen molar-refractivity contribution >= 4 is 17.2 Å². The molecule has 1 aromatic rings. The molecular weight excluding hydrogens is 190 g/mol. The quantitative estimate of drug-likeness (QED) is 0.707. The zero-order chi connectivity index (χ0) is 10.2. The van der Waals surface area contributed by atoms with E-state index >= 15 is 0 Å². The van der Waals surface area contributed by atoms with E-state index in [1.807, 2.05) is 6.07 Å². The number of benzene rings is 1. The van der Waals surface area contributed by atoms with Gasteiger partial charge in [-0.05, 0) is 25.3 Å². The lowest BCUT2D eigenvalue weighted by Gasteiger charge is -2.36. The maximum Gasteiger partial charge on any atom is 0.107 e. The average molecular weight is 205 g/mol. The van der Waals surface area contributed by atoms with Crippen LogP contribution in [-0.2, 0) is 6.42 Å². The van der Waals surface area contributed by atoms with Gasteiger partial charge >= 0.3 is 0 Å². The number of fused-ring (bicyclic) bond motifs is 1. The monoisotopic (exact) mass is 205 g/mol. The fraction of sp³-hybridized carbons (Fsp3) is 0.417. The van der Waals surface area contributed by atoms with E-state index in [-0.39, 0.29) is 5.54 Å². The van der Waals surface area contributed by atoms with E-state index in [4.69, 9.17) is 12.2 Å². The van der Waals surface area contributed by atoms with Gasteiger partial charge in [0.2, 0.25) is 0 Å². The van der Waals surface area contributed by atoms with Crippen molar-refractivity contribution in [1.29, 1.82) is 0 Å². The molecule has 1 heterocycles. The molecule has 0 aromatic heterocycles. The number of hydrogen-bond donors (Lipinski definition) is 1. The van der Waals surface area contributed by atoms with Crippen LogP contribution in [0.15, 0.2) is 24.3 Å². The maximum atomic E-state index is 5.36. The van der Waals surface area contributed by atoms with E-state index in [2.05, 4.69) is 37.4 Å². The summed E-state index contributed by atoms with van der Waals surface area (Å²) in [7, 11) is 0. The van der Waals surface area contributed by atoms with Crippen LogP contribution in [0, 0.1) is 0 Å². The third kappa shape index (κ3) is 1.55. The van der Waals surface area contributed by atoms with Crippen molar-refractivity contribution < 1.29 is 0 Å². The van der Waals surface area contributed by atoms with E-state index < -0.39 is 0 Å². The summed E-state index contributed by atoms with van der Waals surface area (Å²) >= 11 is 5.36. The second-order valence-corrected chi connectivity index (χ2v) is 4.61. The molecule has 0 bridgehead atoms. The van der Waals surface area contributed by atoms with Crippen molar-refractivity contribution in [3.8, 4) is 0 Å². The molecule has 1 aliphatic rings. The van der Waals surface area contributed by atoms with Crippen LogP contribution in [0.2, 0.25) is 0 Å². The summed E-state index contributed by atoms with van der Waals surface area (Å²) in [5.41, 5.74) is 2.72. The molecule has 0 unspecified atom stereocenters. The summed E-state index contributed by atoms with van der Waals surface area (Å²) in [5, 5.41) is 3.43. The first kappa shape index (κ1) is 9.66. The van der Waals surface area contributed by atoms with Crippen LogP contribution < -0.4 is 5.32 Å². The summed E-state index contributed by atoms with van der Waals surface area (Å²) in [6.07, 6.45) is 2.17. The Morgan fingerprint density at radius 3 is 2.86 bits per heavy atom. The minimum Gasteiger partial charge on any atom is -0.370 e. The molecule has 0 saturated heterocycles. The number of rotatable bonds is 1. The smallest absolute Gasteiger partial charge is 0.107 e. The van der Waals surface area contributed by atoms with Gasteiger partial charge in [0, 0.05) is 11.1 Å². The molecular formula is C12H15NS. The highest BCUT2D eigenvalue weighted by Gasteiger charge is 2.29. The Kier molecular flexibility index (Phi) is 2.31. The Morgan fingerprint density at radius 1 is 1.43 bits per heavy atom. The molecule has 0 aliphatic carbocycles. The maximum absolute atomic E-state index is 5.36. The molecule has 2 rings (SSSR count). The van der Waals surface area contributed by atoms with Crippen LogP contribution in [-0.4, -0.2) is 10.5 Å². The topological polar surface area (TPSA) is 12.0 Å². The van der Waals surface area contributed by atoms with Gasteiger partial charge in [0.15, 0.2) is 0 Å². The number of thiocarbonyl (C=S) groups is 1. The fourth-order valence-corrected chi connectivity index (χ4v) is 2.36. The van der Waals surface area contributed by atoms with Gasteiger partial charge in [-0.2, -0.15) is 0 Å². The third-order valence-corrected chi connectivity index (χ3v) is 3.36. The summed E-state index contributed by atoms with van der Waals surface area (Å²) in [5.74, 6) is 0. The summed E-state index contributed by atoms with van der Waals surface area (Å²) in [4.78, 5) is 0.899. The Bertz CT molecular complexity index is 372. The summed E-state index contributed by atoms with van der Waals surface area (Å²) in [6, 6.07) is 8.40. The molecule has 74 valence electrons. The highest BCUT2D eigenvalue weighted by Crippen LogP contribution is 2.25. The summed E-state index contributed by atoms with van der Waals surface area (Å²) in [6.45, 7) is 4.43. The van der Waals surface area contributed by atoms with Crippen molar-refractivity contribution in [2.45, 2.75) is 32.2 Å². The first-order valence-electron chi connectivity index (χ1n) is 5.05. The van der Waals surface area contributed by atoms with Crippen LogP contribution in [0.1, 0.15) is 31.4 Å². The standard InChI is InChI=1S/C12H15NS/c1-3-12(2)8-9-6-4-5-7-10(9)11(14)13-12/h4-7H,3,8H2,1-2H3,(H,13,14)/t12-/m1/s1. The zero-order valence-corrected chi connectivity index (χ0v) is 9.45. The highest BCUT2D eigenvalue weighted by molar-refractivity contribution is 7.80. The Morgan fingerprint density at radius 2 is 2.14 bits per heavy atom. The van der Waals surface area contributed by atoms with E-state index in [1.54, 1.807) is 0 Å². The normalized spacial score (nSPS) is 25.4. The van der Waals surface area contributed by atoms with Crippen LogP contribution in [0.3, 0.4) is 0 Å². The molecule has 0 amide bonds. The Labute approximate surface area is 90.5 Å². The molecule has 0 spiro atoms. The lowest BCUT2D eigenvalue weighted by molar-refractivity contribution is 0.394. The van der Waals surface area contributed by atoms with E-state index in [9.17, 15) is 0 Å². The van der Waals surface area contributed by atoms with E-state index in [0.717, 1.165) is 17.8 Å². The van der Waals surface area contributed by atoms with Gasteiger partial charge in [-0.1, -0.05) is 43.4 Å². The molecule has 0 fully saturated rings. The Hall–Kier alpha value is -0.890. The van der Waals surface area contributed by atoms with Gasteiger partial charge in [-0.25, -0.2) is 0 Å². The van der Waals surface area contributed by atoms with Crippen LogP contribution >= 0.6 is 12.2 Å². The lowest BCUT2D eigenvalue weighted by Crippen LogP contribution is -2.50. The molecule has 1 N–H and O–H groups in total. The van der Waals surface area contributed by atoms with E-state index in [0.29, 0.717) is 0 Å². The van der Waals surface area contributed by atoms with Crippen molar-refractivity contribution in [1.82, 2.24) is 5.32 Å². The molecule has 2 heteroatoms. The van der Waals surface area contributed by atoms with Gasteiger partial charge in [-0.15, -0.1) is 0 Å². The highest BCUT2D eigenvalue weighted by atomic mass is 32.1. The summed E-state index contributed by atoms with van der Waals surface area (Å²) < 4.78 is 0. The van der Waals surface area contributed by atoms with Crippen molar-refractivity contribution in [3.05, 3.63) is 35.4 Å². The van der Waals surface area contributed by atoms with Gasteiger partial charge in [0.1, 0.15) is 4.99 Å². The minimum atomic E-state index is 0.144. The first-order chi connectivity index (χ1) is 6.64. The predicted molar refractivity (Wildman–Crippen MR) is 63.7 cm³/mol. The minimum absolute atomic E-state index is 0.144. The third-order valence-electron chi connectivity index (χ3n) is 3.04. The number of nitrogens with one attached hydrogen (secondary N) is 1. The predicted octanol–water partition coefficient (Wildman–Crippen LogP) is 2.68. The first-order valence-corrected chi connectivity index (χ1v) is 5.46. The molecule has 1 nitrogen and oxygen atoms in total. The SMILES string of the molecule is CC[C@]1(C)Cc2ccccc2C(=S)N1. The van der Waals surface area contributed by atoms with E-state index in [1.165, 1.54) is 11.1 Å². The second kappa shape index (κ2) is 3.35. The molecule has 0 radical (unpaired) electrons. The zero-order valence-electron chi connectivity index (χ0n) is 8.63. The number of hydrogen-bond acceptors (Lipinski definition) is 1. The molecule has 0 saturated carbocycles. The van der Waals surface area contributed by atoms with Crippen LogP contribution in [0.5, 0.6) is 0 Å². The average Bonchev–Trinajstić information content (AvgIpc) is 2.18. The van der Waals surface area contributed by atoms with Crippen LogP contribution in [0.25, 0.3) is 0 Å².